The zero-order valence-corrected chi connectivity index (χ0v) is 18.4. The van der Waals surface area contributed by atoms with Crippen molar-refractivity contribution in [3.63, 3.8) is 0 Å². The number of ether oxygens (including phenoxy) is 1. The molecule has 6 nitrogen and oxygen atoms in total. The number of halogens is 2. The first-order chi connectivity index (χ1) is 14.9. The van der Waals surface area contributed by atoms with Gasteiger partial charge in [-0.15, -0.1) is 0 Å². The molecule has 1 saturated heterocycles. The van der Waals surface area contributed by atoms with Gasteiger partial charge in [-0.3, -0.25) is 9.69 Å². The van der Waals surface area contributed by atoms with E-state index in [0.29, 0.717) is 34.6 Å². The number of nitrogens with zero attached hydrogens (tertiary/aromatic N) is 1. The molecule has 0 bridgehead atoms. The van der Waals surface area contributed by atoms with Gasteiger partial charge in [-0.25, -0.2) is 4.79 Å². The number of hydrogen-bond acceptors (Lipinski definition) is 4. The van der Waals surface area contributed by atoms with Crippen LogP contribution in [0.5, 0.6) is 5.75 Å². The molecule has 8 heteroatoms. The van der Waals surface area contributed by atoms with Gasteiger partial charge in [0.25, 0.3) is 5.91 Å². The van der Waals surface area contributed by atoms with Crippen LogP contribution in [-0.4, -0.2) is 46.7 Å². The molecule has 1 heterocycles. The second kappa shape index (κ2) is 9.07. The molecule has 0 radical (unpaired) electrons. The molecule has 4 rings (SSSR count). The van der Waals surface area contributed by atoms with E-state index in [4.69, 9.17) is 27.9 Å². The molecule has 3 amide bonds. The van der Waals surface area contributed by atoms with Crippen LogP contribution >= 0.6 is 23.2 Å². The minimum atomic E-state index is -1.04. The maximum Gasteiger partial charge on any atom is 0.325 e. The number of rotatable bonds is 6. The number of benzene rings is 2. The molecule has 0 aromatic heterocycles. The minimum absolute atomic E-state index is 0.110. The second-order valence-electron chi connectivity index (χ2n) is 8.15. The highest BCUT2D eigenvalue weighted by Crippen LogP contribution is 2.40. The van der Waals surface area contributed by atoms with Gasteiger partial charge in [0.15, 0.2) is 0 Å². The summed E-state index contributed by atoms with van der Waals surface area (Å²) in [5, 5.41) is 14.0. The fourth-order valence-corrected chi connectivity index (χ4v) is 4.85. The summed E-state index contributed by atoms with van der Waals surface area (Å²) in [4.78, 5) is 26.7. The van der Waals surface area contributed by atoms with E-state index >= 15 is 0 Å². The number of hydrogen-bond donors (Lipinski definition) is 2. The lowest BCUT2D eigenvalue weighted by Crippen LogP contribution is -2.49. The van der Waals surface area contributed by atoms with Crippen LogP contribution in [-0.2, 0) is 4.79 Å². The lowest BCUT2D eigenvalue weighted by atomic mass is 9.74. The Labute approximate surface area is 191 Å². The summed E-state index contributed by atoms with van der Waals surface area (Å²) in [5.41, 5.74) is 0.391. The topological polar surface area (TPSA) is 78.9 Å². The number of carbonyl (C=O) groups is 2. The predicted octanol–water partition coefficient (Wildman–Crippen LogP) is 4.38. The average molecular weight is 463 g/mol. The smallest absolute Gasteiger partial charge is 0.325 e. The Bertz CT molecular complexity index is 961. The molecule has 1 saturated carbocycles. The highest BCUT2D eigenvalue weighted by atomic mass is 35.5. The molecular formula is C23H24Cl2N2O4. The van der Waals surface area contributed by atoms with E-state index in [0.717, 1.165) is 17.7 Å². The van der Waals surface area contributed by atoms with E-state index in [1.807, 2.05) is 18.2 Å². The molecule has 1 spiro atoms. The van der Waals surface area contributed by atoms with Crippen LogP contribution in [0.3, 0.4) is 0 Å². The highest BCUT2D eigenvalue weighted by Gasteiger charge is 2.52. The van der Waals surface area contributed by atoms with Gasteiger partial charge < -0.3 is 15.2 Å². The van der Waals surface area contributed by atoms with Gasteiger partial charge in [0.2, 0.25) is 0 Å². The van der Waals surface area contributed by atoms with Crippen molar-refractivity contribution in [1.82, 2.24) is 10.2 Å². The Morgan fingerprint density at radius 3 is 2.52 bits per heavy atom. The fourth-order valence-electron chi connectivity index (χ4n) is 4.39. The molecule has 2 fully saturated rings. The number of amides is 3. The Kier molecular flexibility index (Phi) is 6.42. The van der Waals surface area contributed by atoms with Crippen molar-refractivity contribution in [3.8, 4) is 5.75 Å². The van der Waals surface area contributed by atoms with Crippen LogP contribution in [0.4, 0.5) is 4.79 Å². The average Bonchev–Trinajstić information content (AvgIpc) is 2.98. The number of urea groups is 1. The monoisotopic (exact) mass is 462 g/mol. The number of aliphatic hydroxyl groups is 1. The first-order valence-electron chi connectivity index (χ1n) is 10.3. The van der Waals surface area contributed by atoms with Crippen LogP contribution in [0.25, 0.3) is 0 Å². The van der Waals surface area contributed by atoms with Crippen molar-refractivity contribution in [2.45, 2.75) is 43.2 Å². The summed E-state index contributed by atoms with van der Waals surface area (Å²) in [6.07, 6.45) is 1.77. The highest BCUT2D eigenvalue weighted by molar-refractivity contribution is 6.35. The van der Waals surface area contributed by atoms with E-state index in [1.165, 1.54) is 11.6 Å². The Balaban J connectivity index is 1.34. The van der Waals surface area contributed by atoms with Crippen molar-refractivity contribution in [2.24, 2.45) is 0 Å². The van der Waals surface area contributed by atoms with Gasteiger partial charge in [0, 0.05) is 5.02 Å². The number of aliphatic hydroxyl groups excluding tert-OH is 1. The van der Waals surface area contributed by atoms with E-state index in [1.54, 1.807) is 12.1 Å². The van der Waals surface area contributed by atoms with Crippen LogP contribution in [0.1, 0.15) is 37.2 Å². The summed E-state index contributed by atoms with van der Waals surface area (Å²) in [7, 11) is 0. The molecular weight excluding hydrogens is 439 g/mol. The van der Waals surface area contributed by atoms with Crippen molar-refractivity contribution >= 4 is 35.1 Å². The summed E-state index contributed by atoms with van der Waals surface area (Å²) in [6, 6.07) is 14.5. The van der Waals surface area contributed by atoms with Crippen molar-refractivity contribution in [1.29, 1.82) is 0 Å². The minimum Gasteiger partial charge on any atom is -0.489 e. The van der Waals surface area contributed by atoms with E-state index in [9.17, 15) is 14.7 Å². The quantitative estimate of drug-likeness (QED) is 0.624. The molecule has 1 unspecified atom stereocenters. The summed E-state index contributed by atoms with van der Waals surface area (Å²) < 4.78 is 5.52. The Hall–Kier alpha value is -2.28. The maximum atomic E-state index is 13.1. The van der Waals surface area contributed by atoms with Crippen LogP contribution in [0, 0.1) is 0 Å². The normalized spacial score (nSPS) is 24.4. The van der Waals surface area contributed by atoms with Crippen LogP contribution in [0.15, 0.2) is 48.5 Å². The third-order valence-electron chi connectivity index (χ3n) is 6.07. The van der Waals surface area contributed by atoms with Gasteiger partial charge in [0.1, 0.15) is 24.0 Å². The standard InChI is InChI=1S/C23H24Cl2N2O4/c24-17-6-7-20(19(25)12-17)31-14-18(28)13-27-21(29)23(26-22(27)30)10-8-16(9-11-23)15-4-2-1-3-5-15/h1-7,12,16,18,28H,8-11,13-14H2,(H,26,30). The Morgan fingerprint density at radius 2 is 1.84 bits per heavy atom. The van der Waals surface area contributed by atoms with Crippen LogP contribution in [0.2, 0.25) is 10.0 Å². The Morgan fingerprint density at radius 1 is 1.13 bits per heavy atom. The first kappa shape index (κ1) is 21.9. The van der Waals surface area contributed by atoms with Gasteiger partial charge >= 0.3 is 6.03 Å². The molecule has 1 aliphatic heterocycles. The first-order valence-corrected chi connectivity index (χ1v) is 11.1. The van der Waals surface area contributed by atoms with Gasteiger partial charge in [-0.2, -0.15) is 0 Å². The molecule has 2 aromatic rings. The molecule has 2 aliphatic rings. The van der Waals surface area contributed by atoms with E-state index in [2.05, 4.69) is 17.4 Å². The lowest BCUT2D eigenvalue weighted by molar-refractivity contribution is -0.133. The summed E-state index contributed by atoms with van der Waals surface area (Å²) in [6.45, 7) is -0.249. The van der Waals surface area contributed by atoms with E-state index < -0.39 is 17.7 Å². The number of β-amino-alcohol motifs (C(OH)–C–C–N with tert-alkyl or cyclic N) is 1. The van der Waals surface area contributed by atoms with Crippen molar-refractivity contribution in [3.05, 3.63) is 64.1 Å². The molecule has 1 aliphatic carbocycles. The maximum absolute atomic E-state index is 13.1. The molecule has 1 atom stereocenters. The molecule has 2 N–H and O–H groups in total. The van der Waals surface area contributed by atoms with Gasteiger partial charge in [-0.05, 0) is 55.4 Å². The number of imide groups is 1. The zero-order chi connectivity index (χ0) is 22.0. The molecule has 2 aromatic carbocycles. The summed E-state index contributed by atoms with van der Waals surface area (Å²) >= 11 is 11.9. The SMILES string of the molecule is O=C1NC2(CCC(c3ccccc3)CC2)C(=O)N1CC(O)COc1ccc(Cl)cc1Cl. The molecule has 164 valence electrons. The third kappa shape index (κ3) is 4.66. The third-order valence-corrected chi connectivity index (χ3v) is 6.60. The number of carbonyl (C=O) groups excluding carboxylic acids is 2. The lowest BCUT2D eigenvalue weighted by Gasteiger charge is -2.35. The van der Waals surface area contributed by atoms with Crippen molar-refractivity contribution < 1.29 is 19.4 Å². The largest absolute Gasteiger partial charge is 0.489 e. The van der Waals surface area contributed by atoms with Crippen molar-refractivity contribution in [2.75, 3.05) is 13.2 Å². The molecule has 31 heavy (non-hydrogen) atoms. The second-order valence-corrected chi connectivity index (χ2v) is 9.00. The van der Waals surface area contributed by atoms with E-state index in [-0.39, 0.29) is 19.1 Å². The predicted molar refractivity (Wildman–Crippen MR) is 119 cm³/mol. The fraction of sp³-hybridized carbons (Fsp3) is 0.391. The summed E-state index contributed by atoms with van der Waals surface area (Å²) in [5.74, 6) is 0.485. The van der Waals surface area contributed by atoms with Crippen LogP contribution < -0.4 is 10.1 Å². The number of nitrogens with one attached hydrogen (secondary N) is 1. The van der Waals surface area contributed by atoms with Gasteiger partial charge in [0.05, 0.1) is 11.6 Å². The van der Waals surface area contributed by atoms with Gasteiger partial charge in [-0.1, -0.05) is 53.5 Å². The zero-order valence-electron chi connectivity index (χ0n) is 16.9.